The maximum absolute atomic E-state index is 15.8. The predicted octanol–water partition coefficient (Wildman–Crippen LogP) is 4.12. The zero-order chi connectivity index (χ0) is 28.6. The van der Waals surface area contributed by atoms with Crippen LogP contribution in [0.1, 0.15) is 37.3 Å². The van der Waals surface area contributed by atoms with E-state index in [1.54, 1.807) is 61.3 Å². The highest BCUT2D eigenvalue weighted by atomic mass is 19.1. The van der Waals surface area contributed by atoms with Gasteiger partial charge in [-0.15, -0.1) is 0 Å². The zero-order valence-electron chi connectivity index (χ0n) is 22.7. The molecule has 2 atom stereocenters. The third-order valence-corrected chi connectivity index (χ3v) is 7.75. The van der Waals surface area contributed by atoms with Crippen molar-refractivity contribution in [3.05, 3.63) is 53.9 Å². The highest BCUT2D eigenvalue weighted by Crippen LogP contribution is 2.35. The molecule has 2 aliphatic rings. The molecule has 1 aromatic carbocycles. The molecule has 2 fully saturated rings. The van der Waals surface area contributed by atoms with Gasteiger partial charge in [0.15, 0.2) is 0 Å². The number of hydrogen-bond donors (Lipinski definition) is 1. The Morgan fingerprint density at radius 2 is 1.98 bits per heavy atom. The molecule has 212 valence electrons. The van der Waals surface area contributed by atoms with Gasteiger partial charge in [-0.1, -0.05) is 0 Å². The van der Waals surface area contributed by atoms with Gasteiger partial charge in [0.1, 0.15) is 17.2 Å². The monoisotopic (exact) mass is 553 g/mol. The van der Waals surface area contributed by atoms with Gasteiger partial charge in [0.25, 0.3) is 0 Å². The van der Waals surface area contributed by atoms with Crippen molar-refractivity contribution in [3.63, 3.8) is 0 Å². The minimum Gasteiger partial charge on any atom is -0.497 e. The molecule has 0 bridgehead atoms. The normalized spacial score (nSPS) is 21.7. The van der Waals surface area contributed by atoms with Crippen LogP contribution in [0.25, 0.3) is 5.52 Å². The molecule has 0 spiro atoms. The SMILES string of the molecule is COc1ccc(CN2C(=O)CCN(c3cnn4ccc(CC5(F)CCN(C(=O)O)C(C)C5)cc34)C2=O)c(OC)c1. The van der Waals surface area contributed by atoms with E-state index >= 15 is 4.39 Å². The number of carbonyl (C=O) groups is 3. The fourth-order valence-corrected chi connectivity index (χ4v) is 5.65. The minimum atomic E-state index is -1.55. The molecule has 2 aromatic heterocycles. The molecule has 2 unspecified atom stereocenters. The molecule has 4 heterocycles. The number of likely N-dealkylation sites (tertiary alicyclic amines) is 1. The lowest BCUT2D eigenvalue weighted by Crippen LogP contribution is -2.52. The number of benzene rings is 1. The van der Waals surface area contributed by atoms with Crippen molar-refractivity contribution >= 4 is 29.2 Å². The van der Waals surface area contributed by atoms with E-state index in [2.05, 4.69) is 5.10 Å². The second-order valence-electron chi connectivity index (χ2n) is 10.3. The Balaban J connectivity index is 1.38. The molecular weight excluding hydrogens is 521 g/mol. The van der Waals surface area contributed by atoms with Crippen LogP contribution in [0.4, 0.5) is 19.7 Å². The number of methoxy groups -OCH3 is 2. The number of rotatable bonds is 7. The summed E-state index contributed by atoms with van der Waals surface area (Å²) in [4.78, 5) is 41.8. The summed E-state index contributed by atoms with van der Waals surface area (Å²) < 4.78 is 28.1. The van der Waals surface area contributed by atoms with E-state index in [0.717, 1.165) is 0 Å². The molecule has 3 aromatic rings. The quantitative estimate of drug-likeness (QED) is 0.468. The van der Waals surface area contributed by atoms with E-state index in [-0.39, 0.29) is 51.2 Å². The van der Waals surface area contributed by atoms with Crippen molar-refractivity contribution in [1.29, 1.82) is 0 Å². The molecule has 0 radical (unpaired) electrons. The Bertz CT molecular complexity index is 1460. The Morgan fingerprint density at radius 3 is 2.67 bits per heavy atom. The van der Waals surface area contributed by atoms with E-state index < -0.39 is 23.8 Å². The molecule has 5 rings (SSSR count). The van der Waals surface area contributed by atoms with Gasteiger partial charge in [-0.3, -0.25) is 14.6 Å². The summed E-state index contributed by atoms with van der Waals surface area (Å²) in [5, 5.41) is 13.7. The average molecular weight is 554 g/mol. The van der Waals surface area contributed by atoms with Gasteiger partial charge in [0.05, 0.1) is 38.2 Å². The van der Waals surface area contributed by atoms with Crippen LogP contribution < -0.4 is 14.4 Å². The van der Waals surface area contributed by atoms with Gasteiger partial charge in [0, 0.05) is 56.2 Å². The number of piperidine rings is 1. The van der Waals surface area contributed by atoms with Gasteiger partial charge in [0.2, 0.25) is 5.91 Å². The van der Waals surface area contributed by atoms with Crippen LogP contribution >= 0.6 is 0 Å². The summed E-state index contributed by atoms with van der Waals surface area (Å²) in [6.45, 7) is 2.07. The number of anilines is 1. The van der Waals surface area contributed by atoms with Gasteiger partial charge in [-0.05, 0) is 43.2 Å². The number of nitrogens with zero attached hydrogens (tertiary/aromatic N) is 5. The van der Waals surface area contributed by atoms with Crippen LogP contribution in [0.2, 0.25) is 0 Å². The second-order valence-corrected chi connectivity index (χ2v) is 10.3. The van der Waals surface area contributed by atoms with Crippen molar-refractivity contribution < 1.29 is 33.4 Å². The predicted molar refractivity (Wildman–Crippen MR) is 144 cm³/mol. The lowest BCUT2D eigenvalue weighted by Gasteiger charge is -2.39. The molecular formula is C28H32FN5O6. The number of ether oxygens (including phenoxy) is 2. The molecule has 11 nitrogen and oxygen atoms in total. The second kappa shape index (κ2) is 10.7. The maximum atomic E-state index is 15.8. The number of halogens is 1. The van der Waals surface area contributed by atoms with Gasteiger partial charge < -0.3 is 19.5 Å². The van der Waals surface area contributed by atoms with Crippen LogP contribution in [0.5, 0.6) is 11.5 Å². The first-order chi connectivity index (χ1) is 19.1. The summed E-state index contributed by atoms with van der Waals surface area (Å²) in [7, 11) is 3.06. The Kier molecular flexibility index (Phi) is 7.26. The largest absolute Gasteiger partial charge is 0.497 e. The number of carboxylic acid groups (broad SMARTS) is 1. The Hall–Kier alpha value is -4.35. The summed E-state index contributed by atoms with van der Waals surface area (Å²) >= 11 is 0. The van der Waals surface area contributed by atoms with Crippen LogP contribution in [0.3, 0.4) is 0 Å². The maximum Gasteiger partial charge on any atom is 0.407 e. The number of alkyl halides is 1. The highest BCUT2D eigenvalue weighted by molar-refractivity contribution is 6.07. The lowest BCUT2D eigenvalue weighted by atomic mass is 9.84. The van der Waals surface area contributed by atoms with Crippen molar-refractivity contribution in [3.8, 4) is 11.5 Å². The number of urea groups is 1. The molecule has 4 amide bonds. The van der Waals surface area contributed by atoms with E-state index in [9.17, 15) is 19.5 Å². The summed E-state index contributed by atoms with van der Waals surface area (Å²) in [6.07, 6.45) is 2.70. The fourth-order valence-electron chi connectivity index (χ4n) is 5.65. The molecule has 2 aliphatic heterocycles. The van der Waals surface area contributed by atoms with Crippen LogP contribution in [-0.4, -0.2) is 81.6 Å². The zero-order valence-corrected chi connectivity index (χ0v) is 22.7. The van der Waals surface area contributed by atoms with Crippen molar-refractivity contribution in [2.24, 2.45) is 0 Å². The number of pyridine rings is 1. The number of fused-ring (bicyclic) bond motifs is 1. The van der Waals surface area contributed by atoms with Crippen LogP contribution in [0, 0.1) is 0 Å². The number of amides is 4. The first kappa shape index (κ1) is 27.2. The summed E-state index contributed by atoms with van der Waals surface area (Å²) in [6, 6.07) is 7.87. The standard InChI is InChI=1S/C28H32FN5O6/c1-18-14-28(29,8-11-31(18)27(37)38)15-19-6-10-34-22(12-19)23(16-30-34)32-9-7-25(35)33(26(32)36)17-20-4-5-21(39-2)13-24(20)40-3/h4-6,10,12-13,16,18H,7-9,11,14-15,17H2,1-3H3,(H,37,38). The fraction of sp³-hybridized carbons (Fsp3) is 0.429. The molecule has 2 saturated heterocycles. The van der Waals surface area contributed by atoms with E-state index in [0.29, 0.717) is 33.8 Å². The minimum absolute atomic E-state index is 0.0295. The van der Waals surface area contributed by atoms with E-state index in [1.165, 1.54) is 21.8 Å². The Labute approximate surface area is 230 Å². The molecule has 40 heavy (non-hydrogen) atoms. The summed E-state index contributed by atoms with van der Waals surface area (Å²) in [5.74, 6) is 0.802. The number of hydrogen-bond acceptors (Lipinski definition) is 6. The third kappa shape index (κ3) is 5.13. The van der Waals surface area contributed by atoms with Gasteiger partial charge in [-0.25, -0.2) is 18.5 Å². The Morgan fingerprint density at radius 1 is 1.18 bits per heavy atom. The van der Waals surface area contributed by atoms with Crippen molar-refractivity contribution in [2.45, 2.75) is 50.9 Å². The number of carbonyl (C=O) groups excluding carboxylic acids is 2. The molecule has 1 N–H and O–H groups in total. The smallest absolute Gasteiger partial charge is 0.407 e. The summed E-state index contributed by atoms with van der Waals surface area (Å²) in [5.41, 5.74) is 0.958. The first-order valence-corrected chi connectivity index (χ1v) is 13.1. The van der Waals surface area contributed by atoms with Crippen LogP contribution in [0.15, 0.2) is 42.7 Å². The number of aromatic nitrogens is 2. The van der Waals surface area contributed by atoms with Gasteiger partial charge in [-0.2, -0.15) is 5.10 Å². The van der Waals surface area contributed by atoms with Crippen LogP contribution in [-0.2, 0) is 17.8 Å². The topological polar surface area (TPSA) is 117 Å². The third-order valence-electron chi connectivity index (χ3n) is 7.75. The molecule has 12 heteroatoms. The first-order valence-electron chi connectivity index (χ1n) is 13.1. The van der Waals surface area contributed by atoms with E-state index in [4.69, 9.17) is 9.47 Å². The lowest BCUT2D eigenvalue weighted by molar-refractivity contribution is -0.129. The highest BCUT2D eigenvalue weighted by Gasteiger charge is 2.40. The van der Waals surface area contributed by atoms with Gasteiger partial charge >= 0.3 is 12.1 Å². The van der Waals surface area contributed by atoms with E-state index in [1.807, 2.05) is 0 Å². The average Bonchev–Trinajstić information content (AvgIpc) is 3.33. The van der Waals surface area contributed by atoms with Crippen molar-refractivity contribution in [1.82, 2.24) is 19.4 Å². The number of imide groups is 1. The van der Waals surface area contributed by atoms with Crippen molar-refractivity contribution in [2.75, 3.05) is 32.2 Å². The molecule has 0 aliphatic carbocycles. The molecule has 0 saturated carbocycles.